The van der Waals surface area contributed by atoms with Gasteiger partial charge in [0.1, 0.15) is 11.4 Å². The molecule has 6 nitrogen and oxygen atoms in total. The Hall–Kier alpha value is -2.34. The minimum Gasteiger partial charge on any atom is -0.497 e. The Bertz CT molecular complexity index is 707. The Balaban J connectivity index is 1.61. The molecule has 1 aliphatic rings. The van der Waals surface area contributed by atoms with E-state index >= 15 is 0 Å². The number of nitrogens with one attached hydrogen (secondary N) is 1. The van der Waals surface area contributed by atoms with Gasteiger partial charge in [-0.1, -0.05) is 12.1 Å². The number of carbonyl (C=O) groups is 1. The summed E-state index contributed by atoms with van der Waals surface area (Å²) in [5.41, 5.74) is 2.13. The van der Waals surface area contributed by atoms with Crippen LogP contribution < -0.4 is 4.74 Å². The summed E-state index contributed by atoms with van der Waals surface area (Å²) in [5, 5.41) is 7.11. The van der Waals surface area contributed by atoms with Gasteiger partial charge in [-0.05, 0) is 43.9 Å². The van der Waals surface area contributed by atoms with Crippen LogP contribution in [0.1, 0.15) is 36.2 Å². The molecule has 1 N–H and O–H groups in total. The van der Waals surface area contributed by atoms with Gasteiger partial charge in [0.05, 0.1) is 18.9 Å². The molecule has 1 fully saturated rings. The van der Waals surface area contributed by atoms with E-state index in [9.17, 15) is 4.79 Å². The van der Waals surface area contributed by atoms with E-state index < -0.39 is 0 Å². The van der Waals surface area contributed by atoms with Crippen molar-refractivity contribution >= 4 is 5.91 Å². The minimum absolute atomic E-state index is 0.0579. The number of amides is 1. The van der Waals surface area contributed by atoms with Crippen molar-refractivity contribution in [2.75, 3.05) is 27.3 Å². The lowest BCUT2D eigenvalue weighted by molar-refractivity contribution is 0.00705. The Morgan fingerprint density at radius 3 is 3.04 bits per heavy atom. The fourth-order valence-electron chi connectivity index (χ4n) is 3.04. The molecule has 134 valence electrons. The Kier molecular flexibility index (Phi) is 5.71. The molecule has 1 amide bonds. The van der Waals surface area contributed by atoms with Gasteiger partial charge in [-0.2, -0.15) is 5.10 Å². The second-order valence-corrected chi connectivity index (χ2v) is 6.40. The Labute approximate surface area is 148 Å². The maximum atomic E-state index is 12.6. The van der Waals surface area contributed by atoms with Crippen molar-refractivity contribution in [1.29, 1.82) is 0 Å². The average Bonchev–Trinajstić information content (AvgIpc) is 3.16. The SMILES string of the molecule is COc1cccc(-c2cc(C(=O)N(C)CCC3CCCCO3)[nH]n2)c1. The van der Waals surface area contributed by atoms with Crippen LogP contribution in [0.4, 0.5) is 0 Å². The fraction of sp³-hybridized carbons (Fsp3) is 0.474. The number of ether oxygens (including phenoxy) is 2. The zero-order valence-electron chi connectivity index (χ0n) is 14.8. The van der Waals surface area contributed by atoms with E-state index in [4.69, 9.17) is 9.47 Å². The molecule has 3 rings (SSSR count). The maximum absolute atomic E-state index is 12.6. The van der Waals surface area contributed by atoms with Gasteiger partial charge >= 0.3 is 0 Å². The highest BCUT2D eigenvalue weighted by Crippen LogP contribution is 2.23. The minimum atomic E-state index is -0.0579. The van der Waals surface area contributed by atoms with Crippen LogP contribution in [0.5, 0.6) is 5.75 Å². The van der Waals surface area contributed by atoms with Gasteiger partial charge in [0.2, 0.25) is 0 Å². The van der Waals surface area contributed by atoms with Gasteiger partial charge < -0.3 is 14.4 Å². The molecule has 1 saturated heterocycles. The highest BCUT2D eigenvalue weighted by molar-refractivity contribution is 5.93. The smallest absolute Gasteiger partial charge is 0.271 e. The molecule has 1 aliphatic heterocycles. The summed E-state index contributed by atoms with van der Waals surface area (Å²) in [6.07, 6.45) is 4.60. The van der Waals surface area contributed by atoms with E-state index in [-0.39, 0.29) is 12.0 Å². The van der Waals surface area contributed by atoms with Gasteiger partial charge in [-0.15, -0.1) is 0 Å². The first-order valence-electron chi connectivity index (χ1n) is 8.74. The van der Waals surface area contributed by atoms with Gasteiger partial charge in [-0.3, -0.25) is 9.89 Å². The molecule has 1 aromatic heterocycles. The number of carbonyl (C=O) groups excluding carboxylic acids is 1. The highest BCUT2D eigenvalue weighted by atomic mass is 16.5. The fourth-order valence-corrected chi connectivity index (χ4v) is 3.04. The van der Waals surface area contributed by atoms with Gasteiger partial charge in [0, 0.05) is 25.8 Å². The van der Waals surface area contributed by atoms with Gasteiger partial charge in [0.15, 0.2) is 0 Å². The molecule has 0 bridgehead atoms. The zero-order chi connectivity index (χ0) is 17.6. The highest BCUT2D eigenvalue weighted by Gasteiger charge is 2.19. The summed E-state index contributed by atoms with van der Waals surface area (Å²) in [5.74, 6) is 0.704. The lowest BCUT2D eigenvalue weighted by Crippen LogP contribution is -2.31. The number of H-pyrrole nitrogens is 1. The van der Waals surface area contributed by atoms with Gasteiger partial charge in [-0.25, -0.2) is 0 Å². The number of hydrogen-bond donors (Lipinski definition) is 1. The van der Waals surface area contributed by atoms with Crippen molar-refractivity contribution in [3.63, 3.8) is 0 Å². The predicted molar refractivity (Wildman–Crippen MR) is 95.7 cm³/mol. The second kappa shape index (κ2) is 8.16. The van der Waals surface area contributed by atoms with Crippen molar-refractivity contribution in [3.8, 4) is 17.0 Å². The number of nitrogens with zero attached hydrogens (tertiary/aromatic N) is 2. The van der Waals surface area contributed by atoms with E-state index in [1.807, 2.05) is 31.3 Å². The molecule has 0 saturated carbocycles. The largest absolute Gasteiger partial charge is 0.497 e. The van der Waals surface area contributed by atoms with Crippen LogP contribution in [-0.2, 0) is 4.74 Å². The summed E-state index contributed by atoms with van der Waals surface area (Å²) < 4.78 is 11.0. The maximum Gasteiger partial charge on any atom is 0.271 e. The van der Waals surface area contributed by atoms with E-state index in [2.05, 4.69) is 10.2 Å². The standard InChI is InChI=1S/C19H25N3O3/c1-22(10-9-15-7-3-4-11-25-15)19(23)18-13-17(20-21-18)14-6-5-8-16(12-14)24-2/h5-6,8,12-13,15H,3-4,7,9-11H2,1-2H3,(H,20,21). The number of aromatic nitrogens is 2. The molecule has 2 aromatic rings. The van der Waals surface area contributed by atoms with Crippen molar-refractivity contribution < 1.29 is 14.3 Å². The summed E-state index contributed by atoms with van der Waals surface area (Å²) in [7, 11) is 3.45. The predicted octanol–water partition coefficient (Wildman–Crippen LogP) is 3.12. The molecule has 1 unspecified atom stereocenters. The molecular weight excluding hydrogens is 318 g/mol. The van der Waals surface area contributed by atoms with Crippen LogP contribution in [-0.4, -0.2) is 54.4 Å². The number of aromatic amines is 1. The monoisotopic (exact) mass is 343 g/mol. The molecular formula is C19H25N3O3. The molecule has 0 spiro atoms. The van der Waals surface area contributed by atoms with Gasteiger partial charge in [0.25, 0.3) is 5.91 Å². The van der Waals surface area contributed by atoms with E-state index in [0.717, 1.165) is 42.9 Å². The topological polar surface area (TPSA) is 67.4 Å². The molecule has 1 atom stereocenters. The van der Waals surface area contributed by atoms with E-state index in [1.54, 1.807) is 18.1 Å². The normalized spacial score (nSPS) is 17.3. The third-order valence-corrected chi connectivity index (χ3v) is 4.58. The first-order chi connectivity index (χ1) is 12.2. The second-order valence-electron chi connectivity index (χ2n) is 6.40. The summed E-state index contributed by atoms with van der Waals surface area (Å²) >= 11 is 0. The van der Waals surface area contributed by atoms with Crippen molar-refractivity contribution in [3.05, 3.63) is 36.0 Å². The zero-order valence-corrected chi connectivity index (χ0v) is 14.8. The lowest BCUT2D eigenvalue weighted by atomic mass is 10.1. The molecule has 0 aliphatic carbocycles. The third kappa shape index (κ3) is 4.39. The van der Waals surface area contributed by atoms with Crippen LogP contribution in [0.2, 0.25) is 0 Å². The van der Waals surface area contributed by atoms with Crippen LogP contribution in [0.3, 0.4) is 0 Å². The molecule has 6 heteroatoms. The first kappa shape index (κ1) is 17.5. The van der Waals surface area contributed by atoms with Crippen molar-refractivity contribution in [2.45, 2.75) is 31.8 Å². The van der Waals surface area contributed by atoms with Crippen molar-refractivity contribution in [2.24, 2.45) is 0 Å². The molecule has 1 aromatic carbocycles. The van der Waals surface area contributed by atoms with Crippen LogP contribution >= 0.6 is 0 Å². The Morgan fingerprint density at radius 1 is 1.40 bits per heavy atom. The summed E-state index contributed by atoms with van der Waals surface area (Å²) in [4.78, 5) is 14.3. The average molecular weight is 343 g/mol. The van der Waals surface area contributed by atoms with Crippen LogP contribution in [0, 0.1) is 0 Å². The summed E-state index contributed by atoms with van der Waals surface area (Å²) in [6.45, 7) is 1.52. The number of benzene rings is 1. The van der Waals surface area contributed by atoms with E-state index in [0.29, 0.717) is 12.2 Å². The molecule has 0 radical (unpaired) electrons. The Morgan fingerprint density at radius 2 is 2.28 bits per heavy atom. The van der Waals surface area contributed by atoms with E-state index in [1.165, 1.54) is 6.42 Å². The molecule has 2 heterocycles. The number of rotatable bonds is 6. The van der Waals surface area contributed by atoms with Crippen LogP contribution in [0.25, 0.3) is 11.3 Å². The number of methoxy groups -OCH3 is 1. The quantitative estimate of drug-likeness (QED) is 0.875. The molecule has 25 heavy (non-hydrogen) atoms. The first-order valence-corrected chi connectivity index (χ1v) is 8.74. The lowest BCUT2D eigenvalue weighted by Gasteiger charge is -2.25. The summed E-state index contributed by atoms with van der Waals surface area (Å²) in [6, 6.07) is 9.40. The van der Waals surface area contributed by atoms with Crippen LogP contribution in [0.15, 0.2) is 30.3 Å². The van der Waals surface area contributed by atoms with Crippen molar-refractivity contribution in [1.82, 2.24) is 15.1 Å². The number of hydrogen-bond acceptors (Lipinski definition) is 4. The third-order valence-electron chi connectivity index (χ3n) is 4.58.